The second-order valence-corrected chi connectivity index (χ2v) is 4.76. The molecule has 1 atom stereocenters. The third kappa shape index (κ3) is 2.55. The minimum absolute atomic E-state index is 0.218. The molecule has 1 fully saturated rings. The van der Waals surface area contributed by atoms with Crippen LogP contribution in [-0.2, 0) is 14.3 Å². The highest BCUT2D eigenvalue weighted by Crippen LogP contribution is 2.33. The molecule has 1 aliphatic heterocycles. The van der Waals surface area contributed by atoms with E-state index in [0.29, 0.717) is 5.76 Å². The molecule has 0 N–H and O–H groups in total. The van der Waals surface area contributed by atoms with E-state index in [1.165, 1.54) is 26.4 Å². The topological polar surface area (TPSA) is 76.8 Å². The van der Waals surface area contributed by atoms with Crippen LogP contribution in [0.4, 0.5) is 4.79 Å². The van der Waals surface area contributed by atoms with Crippen LogP contribution in [0.3, 0.4) is 0 Å². The van der Waals surface area contributed by atoms with Crippen molar-refractivity contribution in [3.05, 3.63) is 29.1 Å². The van der Waals surface area contributed by atoms with Crippen LogP contribution in [0.2, 0.25) is 0 Å². The molecule has 0 radical (unpaired) electrons. The smallest absolute Gasteiger partial charge is 0.328 e. The van der Waals surface area contributed by atoms with Gasteiger partial charge in [0.25, 0.3) is 11.1 Å². The summed E-state index contributed by atoms with van der Waals surface area (Å²) in [5, 5.41) is -0.499. The van der Waals surface area contributed by atoms with E-state index >= 15 is 0 Å². The Hall–Kier alpha value is -2.02. The average Bonchev–Trinajstić information content (AvgIpc) is 2.98. The number of thioether (sulfide) groups is 1. The zero-order valence-electron chi connectivity index (χ0n) is 10.3. The molecule has 1 aromatic rings. The lowest BCUT2D eigenvalue weighted by molar-refractivity contribution is -0.148. The number of imide groups is 1. The molecule has 2 rings (SSSR count). The molecular formula is C12H11NO5S. The number of carbonyl (C=O) groups is 3. The van der Waals surface area contributed by atoms with E-state index in [9.17, 15) is 14.4 Å². The van der Waals surface area contributed by atoms with Gasteiger partial charge in [-0.25, -0.2) is 4.79 Å². The first kappa shape index (κ1) is 13.4. The lowest BCUT2D eigenvalue weighted by Gasteiger charge is -2.18. The van der Waals surface area contributed by atoms with E-state index in [4.69, 9.17) is 4.42 Å². The highest BCUT2D eigenvalue weighted by Gasteiger charge is 2.41. The van der Waals surface area contributed by atoms with Crippen LogP contribution >= 0.6 is 11.8 Å². The molecule has 2 heterocycles. The summed E-state index contributed by atoms with van der Waals surface area (Å²) in [6, 6.07) is 2.39. The molecule has 19 heavy (non-hydrogen) atoms. The number of hydrogen-bond donors (Lipinski definition) is 0. The van der Waals surface area contributed by atoms with E-state index in [2.05, 4.69) is 4.74 Å². The lowest BCUT2D eigenvalue weighted by Crippen LogP contribution is -2.42. The molecule has 0 saturated carbocycles. The zero-order valence-corrected chi connectivity index (χ0v) is 11.1. The summed E-state index contributed by atoms with van der Waals surface area (Å²) in [5.41, 5.74) is 0. The summed E-state index contributed by atoms with van der Waals surface area (Å²) >= 11 is 0.767. The minimum atomic E-state index is -0.944. The summed E-state index contributed by atoms with van der Waals surface area (Å²) in [7, 11) is 1.20. The summed E-state index contributed by atoms with van der Waals surface area (Å²) in [5.74, 6) is -0.693. The van der Waals surface area contributed by atoms with Crippen molar-refractivity contribution in [3.8, 4) is 0 Å². The monoisotopic (exact) mass is 281 g/mol. The maximum Gasteiger partial charge on any atom is 0.328 e. The van der Waals surface area contributed by atoms with Gasteiger partial charge in [0.1, 0.15) is 11.8 Å². The lowest BCUT2D eigenvalue weighted by atomic mass is 10.3. The van der Waals surface area contributed by atoms with Crippen LogP contribution in [0, 0.1) is 0 Å². The van der Waals surface area contributed by atoms with Crippen molar-refractivity contribution in [1.82, 2.24) is 4.90 Å². The first-order chi connectivity index (χ1) is 9.04. The molecule has 0 aliphatic carbocycles. The highest BCUT2D eigenvalue weighted by molar-refractivity contribution is 8.18. The van der Waals surface area contributed by atoms with Gasteiger partial charge >= 0.3 is 5.97 Å². The van der Waals surface area contributed by atoms with Crippen LogP contribution in [0.25, 0.3) is 6.08 Å². The van der Waals surface area contributed by atoms with Crippen molar-refractivity contribution >= 4 is 35.0 Å². The van der Waals surface area contributed by atoms with Gasteiger partial charge in [-0.15, -0.1) is 0 Å². The number of esters is 1. The van der Waals surface area contributed by atoms with Crippen molar-refractivity contribution < 1.29 is 23.5 Å². The van der Waals surface area contributed by atoms with Gasteiger partial charge in [-0.3, -0.25) is 14.5 Å². The quantitative estimate of drug-likeness (QED) is 0.622. The van der Waals surface area contributed by atoms with Crippen molar-refractivity contribution in [2.24, 2.45) is 0 Å². The third-order valence-electron chi connectivity index (χ3n) is 2.57. The van der Waals surface area contributed by atoms with Crippen molar-refractivity contribution in [2.45, 2.75) is 13.0 Å². The number of rotatable bonds is 3. The van der Waals surface area contributed by atoms with Crippen molar-refractivity contribution in [2.75, 3.05) is 7.11 Å². The zero-order chi connectivity index (χ0) is 14.0. The minimum Gasteiger partial charge on any atom is -0.467 e. The molecule has 1 saturated heterocycles. The Labute approximate surface area is 113 Å². The molecule has 2 amide bonds. The molecule has 0 unspecified atom stereocenters. The highest BCUT2D eigenvalue weighted by atomic mass is 32.2. The van der Waals surface area contributed by atoms with Gasteiger partial charge in [0.05, 0.1) is 18.3 Å². The Kier molecular flexibility index (Phi) is 3.75. The first-order valence-corrected chi connectivity index (χ1v) is 6.24. The largest absolute Gasteiger partial charge is 0.467 e. The number of methoxy groups -OCH3 is 1. The SMILES string of the molecule is COC(=O)[C@@H](C)N1C(=O)S/C(=C/c2ccco2)C1=O. The Morgan fingerprint density at radius 3 is 2.84 bits per heavy atom. The number of amides is 2. The Morgan fingerprint density at radius 1 is 1.53 bits per heavy atom. The molecular weight excluding hydrogens is 270 g/mol. The number of carbonyl (C=O) groups excluding carboxylic acids is 3. The van der Waals surface area contributed by atoms with E-state index in [1.807, 2.05) is 0 Å². The molecule has 6 nitrogen and oxygen atoms in total. The van der Waals surface area contributed by atoms with Gasteiger partial charge in [-0.2, -0.15) is 0 Å². The molecule has 1 aliphatic rings. The number of nitrogens with zero attached hydrogens (tertiary/aromatic N) is 1. The van der Waals surface area contributed by atoms with Gasteiger partial charge in [0, 0.05) is 6.08 Å². The fourth-order valence-corrected chi connectivity index (χ4v) is 2.48. The van der Waals surface area contributed by atoms with Gasteiger partial charge in [-0.1, -0.05) is 0 Å². The van der Waals surface area contributed by atoms with E-state index in [0.717, 1.165) is 16.7 Å². The van der Waals surface area contributed by atoms with Gasteiger partial charge in [0.15, 0.2) is 0 Å². The standard InChI is InChI=1S/C12H11NO5S/c1-7(11(15)17-2)13-10(14)9(19-12(13)16)6-8-4-3-5-18-8/h3-7H,1-2H3/b9-6+/t7-/m1/s1. The van der Waals surface area contributed by atoms with Crippen LogP contribution in [0.15, 0.2) is 27.7 Å². The van der Waals surface area contributed by atoms with Crippen molar-refractivity contribution in [1.29, 1.82) is 0 Å². The number of ether oxygens (including phenoxy) is 1. The summed E-state index contributed by atoms with van der Waals surface area (Å²) < 4.78 is 9.61. The fraction of sp³-hybridized carbons (Fsp3) is 0.250. The van der Waals surface area contributed by atoms with E-state index in [-0.39, 0.29) is 4.91 Å². The van der Waals surface area contributed by atoms with Crippen LogP contribution in [0.1, 0.15) is 12.7 Å². The van der Waals surface area contributed by atoms with E-state index < -0.39 is 23.2 Å². The summed E-state index contributed by atoms with van der Waals surface area (Å²) in [4.78, 5) is 36.3. The van der Waals surface area contributed by atoms with Crippen LogP contribution < -0.4 is 0 Å². The maximum atomic E-state index is 12.1. The Balaban J connectivity index is 2.24. The van der Waals surface area contributed by atoms with Crippen LogP contribution in [0.5, 0.6) is 0 Å². The van der Waals surface area contributed by atoms with E-state index in [1.54, 1.807) is 12.1 Å². The molecule has 7 heteroatoms. The Morgan fingerprint density at radius 2 is 2.26 bits per heavy atom. The maximum absolute atomic E-state index is 12.1. The molecule has 0 spiro atoms. The van der Waals surface area contributed by atoms with Crippen LogP contribution in [-0.4, -0.2) is 35.2 Å². The predicted octanol–water partition coefficient (Wildman–Crippen LogP) is 1.88. The second kappa shape index (κ2) is 5.31. The molecule has 0 aromatic carbocycles. The van der Waals surface area contributed by atoms with Gasteiger partial charge in [-0.05, 0) is 30.8 Å². The fourth-order valence-electron chi connectivity index (χ4n) is 1.59. The first-order valence-electron chi connectivity index (χ1n) is 5.43. The second-order valence-electron chi connectivity index (χ2n) is 3.77. The average molecular weight is 281 g/mol. The molecule has 0 bridgehead atoms. The summed E-state index contributed by atoms with van der Waals surface area (Å²) in [6.45, 7) is 1.44. The van der Waals surface area contributed by atoms with Gasteiger partial charge in [0.2, 0.25) is 0 Å². The normalized spacial score (nSPS) is 19.1. The van der Waals surface area contributed by atoms with Crippen molar-refractivity contribution in [3.63, 3.8) is 0 Å². The number of furan rings is 1. The predicted molar refractivity (Wildman–Crippen MR) is 68.0 cm³/mol. The number of hydrogen-bond acceptors (Lipinski definition) is 6. The summed E-state index contributed by atoms with van der Waals surface area (Å²) in [6.07, 6.45) is 2.93. The Bertz CT molecular complexity index is 548. The molecule has 100 valence electrons. The molecule has 1 aromatic heterocycles. The third-order valence-corrected chi connectivity index (χ3v) is 3.45. The van der Waals surface area contributed by atoms with Gasteiger partial charge < -0.3 is 9.15 Å².